The molecule has 7 heteroatoms. The number of urea groups is 1. The Morgan fingerprint density at radius 3 is 2.38 bits per heavy atom. The molecule has 0 aliphatic rings. The van der Waals surface area contributed by atoms with Gasteiger partial charge in [0, 0.05) is 18.5 Å². The van der Waals surface area contributed by atoms with E-state index in [2.05, 4.69) is 22.1 Å². The van der Waals surface area contributed by atoms with E-state index >= 15 is 0 Å². The monoisotopic (exact) mass is 310 g/mol. The van der Waals surface area contributed by atoms with Gasteiger partial charge in [0.15, 0.2) is 0 Å². The number of nitrogens with zero attached hydrogens (tertiary/aromatic N) is 1. The normalized spacial score (nSPS) is 10.4. The minimum Gasteiger partial charge on any atom is -0.491 e. The molecule has 1 aromatic rings. The van der Waals surface area contributed by atoms with Crippen molar-refractivity contribution in [3.05, 3.63) is 23.8 Å². The van der Waals surface area contributed by atoms with Gasteiger partial charge in [0.2, 0.25) is 0 Å². The Balaban J connectivity index is 3.12. The average Bonchev–Trinajstić information content (AvgIpc) is 2.37. The number of carbonyl (C=O) groups excluding carboxylic acids is 2. The van der Waals surface area contributed by atoms with E-state index in [0.29, 0.717) is 5.75 Å². The highest BCUT2D eigenvalue weighted by Gasteiger charge is 2.17. The minimum atomic E-state index is -0.731. The molecule has 0 spiro atoms. The number of amides is 2. The van der Waals surface area contributed by atoms with E-state index in [9.17, 15) is 9.59 Å². The molecule has 0 heterocycles. The van der Waals surface area contributed by atoms with Crippen LogP contribution in [0, 0.1) is 0 Å². The second-order valence-corrected chi connectivity index (χ2v) is 5.03. The van der Waals surface area contributed by atoms with Gasteiger partial charge in [-0.25, -0.2) is 9.59 Å². The van der Waals surface area contributed by atoms with Gasteiger partial charge in [0.25, 0.3) is 0 Å². The van der Waals surface area contributed by atoms with E-state index in [1.54, 1.807) is 19.9 Å². The third-order valence-corrected chi connectivity index (χ3v) is 2.42. The van der Waals surface area contributed by atoms with Crippen LogP contribution in [0.2, 0.25) is 0 Å². The molecular weight excluding hydrogens is 292 g/mol. The summed E-state index contributed by atoms with van der Waals surface area (Å²) >= 11 is 4.32. The summed E-state index contributed by atoms with van der Waals surface area (Å²) in [6.07, 6.45) is -0.304. The Morgan fingerprint density at radius 2 is 1.86 bits per heavy atom. The average molecular weight is 310 g/mol. The first-order valence-corrected chi connectivity index (χ1v) is 6.86. The molecule has 0 aliphatic heterocycles. The van der Waals surface area contributed by atoms with Gasteiger partial charge in [0.1, 0.15) is 5.75 Å². The number of ether oxygens (including phenoxy) is 2. The second-order valence-electron chi connectivity index (χ2n) is 4.85. The minimum absolute atomic E-state index is 0.0364. The summed E-state index contributed by atoms with van der Waals surface area (Å²) in [5.41, 5.74) is 0.462. The number of rotatable bonds is 5. The van der Waals surface area contributed by atoms with Gasteiger partial charge >= 0.3 is 12.0 Å². The lowest BCUT2D eigenvalue weighted by molar-refractivity contribution is 0.0379. The van der Waals surface area contributed by atoms with Crippen LogP contribution in [-0.4, -0.2) is 24.2 Å². The quantitative estimate of drug-likeness (QED) is 0.844. The molecule has 1 aromatic carbocycles. The lowest BCUT2D eigenvalue weighted by atomic mass is 10.1. The smallest absolute Gasteiger partial charge is 0.356 e. The number of anilines is 1. The van der Waals surface area contributed by atoms with Crippen molar-refractivity contribution in [2.24, 2.45) is 4.36 Å². The van der Waals surface area contributed by atoms with E-state index < -0.39 is 12.0 Å². The fourth-order valence-electron chi connectivity index (χ4n) is 1.57. The van der Waals surface area contributed by atoms with Crippen LogP contribution in [0.1, 0.15) is 38.1 Å². The topological polar surface area (TPSA) is 77.0 Å². The summed E-state index contributed by atoms with van der Waals surface area (Å²) in [7, 11) is 0. The standard InChI is InChI=1S/C14H18N2O4S/c1-8(2)19-10-5-6-11(13(17)20-9(3)4)12(7-10)15-14(18)16-21/h5-9H,1-4H3,(H,15,18). The maximum absolute atomic E-state index is 12.0. The van der Waals surface area contributed by atoms with Gasteiger partial charge in [-0.2, -0.15) is 0 Å². The largest absolute Gasteiger partial charge is 0.491 e. The van der Waals surface area contributed by atoms with E-state index in [1.807, 2.05) is 13.8 Å². The molecule has 2 amide bonds. The zero-order valence-corrected chi connectivity index (χ0v) is 13.2. The number of benzene rings is 1. The summed E-state index contributed by atoms with van der Waals surface area (Å²) in [6.45, 7) is 7.23. The molecule has 6 nitrogen and oxygen atoms in total. The van der Waals surface area contributed by atoms with E-state index in [-0.39, 0.29) is 23.5 Å². The molecule has 0 aromatic heterocycles. The Hall–Kier alpha value is -2.02. The zero-order chi connectivity index (χ0) is 16.0. The van der Waals surface area contributed by atoms with Crippen LogP contribution in [0.3, 0.4) is 0 Å². The van der Waals surface area contributed by atoms with Crippen LogP contribution in [0.4, 0.5) is 10.5 Å². The summed E-state index contributed by atoms with van der Waals surface area (Å²) in [5.74, 6) is -0.0217. The molecule has 0 saturated heterocycles. The lowest BCUT2D eigenvalue weighted by Crippen LogP contribution is -2.16. The van der Waals surface area contributed by atoms with E-state index in [4.69, 9.17) is 9.47 Å². The number of carbonyl (C=O) groups is 2. The number of nitrogens with one attached hydrogen (secondary N) is 1. The van der Waals surface area contributed by atoms with Crippen molar-refractivity contribution in [1.82, 2.24) is 0 Å². The Bertz CT molecular complexity index is 544. The van der Waals surface area contributed by atoms with Gasteiger partial charge in [-0.1, -0.05) is 0 Å². The van der Waals surface area contributed by atoms with Gasteiger partial charge in [0.05, 0.1) is 23.5 Å². The highest BCUT2D eigenvalue weighted by Crippen LogP contribution is 2.25. The third kappa shape index (κ3) is 5.47. The highest BCUT2D eigenvalue weighted by atomic mass is 32.1. The number of hydrogen-bond acceptors (Lipinski definition) is 5. The molecule has 0 unspecified atom stereocenters. The Morgan fingerprint density at radius 1 is 1.19 bits per heavy atom. The number of hydrogen-bond donors (Lipinski definition) is 1. The maximum atomic E-state index is 12.0. The molecule has 0 aliphatic carbocycles. The summed E-state index contributed by atoms with van der Waals surface area (Å²) < 4.78 is 13.7. The molecule has 1 rings (SSSR count). The predicted molar refractivity (Wildman–Crippen MR) is 81.6 cm³/mol. The SMILES string of the molecule is CC(C)OC(=O)c1ccc(OC(C)C)cc1NC(=O)N=S. The first-order valence-electron chi connectivity index (χ1n) is 6.49. The van der Waals surface area contributed by atoms with Crippen molar-refractivity contribution in [2.75, 3.05) is 5.32 Å². The van der Waals surface area contributed by atoms with Crippen LogP contribution in [0.5, 0.6) is 5.75 Å². The molecule has 0 saturated carbocycles. The summed E-state index contributed by atoms with van der Waals surface area (Å²) in [4.78, 5) is 23.3. The molecule has 1 N–H and O–H groups in total. The molecule has 0 radical (unpaired) electrons. The molecule has 21 heavy (non-hydrogen) atoms. The fourth-order valence-corrected chi connectivity index (χ4v) is 1.61. The van der Waals surface area contributed by atoms with E-state index in [0.717, 1.165) is 0 Å². The van der Waals surface area contributed by atoms with Gasteiger partial charge in [-0.15, -0.1) is 4.36 Å². The second kappa shape index (κ2) is 7.68. The van der Waals surface area contributed by atoms with Crippen molar-refractivity contribution in [1.29, 1.82) is 0 Å². The molecule has 114 valence electrons. The van der Waals surface area contributed by atoms with Gasteiger partial charge in [-0.3, -0.25) is 0 Å². The van der Waals surface area contributed by atoms with Crippen LogP contribution >= 0.6 is 0 Å². The number of esters is 1. The van der Waals surface area contributed by atoms with Crippen LogP contribution in [-0.2, 0) is 17.2 Å². The first-order chi connectivity index (χ1) is 9.83. The lowest BCUT2D eigenvalue weighted by Gasteiger charge is -2.15. The van der Waals surface area contributed by atoms with Crippen molar-refractivity contribution in [3.63, 3.8) is 0 Å². The van der Waals surface area contributed by atoms with Crippen LogP contribution in [0.25, 0.3) is 0 Å². The van der Waals surface area contributed by atoms with Crippen molar-refractivity contribution in [2.45, 2.75) is 39.9 Å². The zero-order valence-electron chi connectivity index (χ0n) is 12.4. The Kier molecular flexibility index (Phi) is 6.23. The van der Waals surface area contributed by atoms with Crippen LogP contribution in [0.15, 0.2) is 22.6 Å². The van der Waals surface area contributed by atoms with E-state index in [1.165, 1.54) is 12.1 Å². The van der Waals surface area contributed by atoms with Crippen LogP contribution < -0.4 is 10.1 Å². The third-order valence-electron chi connectivity index (χ3n) is 2.25. The predicted octanol–water partition coefficient (Wildman–Crippen LogP) is 3.30. The molecule has 0 atom stereocenters. The van der Waals surface area contributed by atoms with Crippen molar-refractivity contribution in [3.8, 4) is 5.75 Å². The molecule has 0 fully saturated rings. The Labute approximate surface area is 129 Å². The highest BCUT2D eigenvalue weighted by molar-refractivity contribution is 7.47. The molecule has 0 bridgehead atoms. The van der Waals surface area contributed by atoms with Gasteiger partial charge in [-0.05, 0) is 39.8 Å². The first kappa shape index (κ1) is 17.0. The van der Waals surface area contributed by atoms with Gasteiger partial charge < -0.3 is 14.8 Å². The summed E-state index contributed by atoms with van der Waals surface area (Å²) in [6, 6.07) is 3.97. The fraction of sp³-hybridized carbons (Fsp3) is 0.429. The summed E-state index contributed by atoms with van der Waals surface area (Å²) in [5, 5.41) is 2.44. The van der Waals surface area contributed by atoms with Crippen molar-refractivity contribution >= 4 is 30.1 Å². The van der Waals surface area contributed by atoms with Crippen molar-refractivity contribution < 1.29 is 19.1 Å². The molecular formula is C14H18N2O4S. The maximum Gasteiger partial charge on any atom is 0.356 e.